The first kappa shape index (κ1) is 12.2. The minimum atomic E-state index is -2.84. The van der Waals surface area contributed by atoms with Crippen molar-refractivity contribution in [2.24, 2.45) is 0 Å². The van der Waals surface area contributed by atoms with E-state index in [9.17, 15) is 0 Å². The summed E-state index contributed by atoms with van der Waals surface area (Å²) in [4.78, 5) is 8.80. The van der Waals surface area contributed by atoms with E-state index in [0.717, 1.165) is 0 Å². The molecule has 0 fully saturated rings. The molecule has 0 aromatic carbocycles. The molecule has 0 aliphatic carbocycles. The van der Waals surface area contributed by atoms with E-state index in [-0.39, 0.29) is 6.15 Å². The van der Waals surface area contributed by atoms with Crippen molar-refractivity contribution in [2.45, 2.75) is 6.92 Å². The van der Waals surface area contributed by atoms with Gasteiger partial charge in [-0.2, -0.15) is 0 Å². The Morgan fingerprint density at radius 3 is 2.22 bits per heavy atom. The van der Waals surface area contributed by atoms with Gasteiger partial charge in [0.15, 0.2) is 0 Å². The van der Waals surface area contributed by atoms with Crippen LogP contribution in [0.4, 0.5) is 0 Å². The quantitative estimate of drug-likeness (QED) is 0.496. The minimum Gasteiger partial charge on any atom is -0.344 e. The standard InChI is InChI=1S/C3H9O3PS.H3N/c1-3-6-7(4,8)5-2;/h3H2,1-2H3,(H,4,8);1H3/i1+1,2+1,3+1;. The lowest BCUT2D eigenvalue weighted by Gasteiger charge is -2.09. The Labute approximate surface area is 60.0 Å². The van der Waals surface area contributed by atoms with Gasteiger partial charge in [0.25, 0.3) is 0 Å². The van der Waals surface area contributed by atoms with Crippen molar-refractivity contribution in [1.82, 2.24) is 6.15 Å². The van der Waals surface area contributed by atoms with Crippen LogP contribution in [0.25, 0.3) is 0 Å². The number of hydrogen-bond donors (Lipinski definition) is 2. The zero-order valence-corrected chi connectivity index (χ0v) is 7.24. The van der Waals surface area contributed by atoms with Gasteiger partial charge in [0, 0.05) is 7.11 Å². The van der Waals surface area contributed by atoms with Crippen LogP contribution >= 0.6 is 6.72 Å². The smallest absolute Gasteiger partial charge is 0.324 e. The van der Waals surface area contributed by atoms with Crippen molar-refractivity contribution in [2.75, 3.05) is 13.7 Å². The molecule has 4 N–H and O–H groups in total. The highest BCUT2D eigenvalue weighted by molar-refractivity contribution is 8.07. The molecule has 0 aliphatic heterocycles. The molecule has 0 aliphatic rings. The Balaban J connectivity index is 0. The Kier molecular flexibility index (Phi) is 7.16. The molecule has 0 radical (unpaired) electrons. The summed E-state index contributed by atoms with van der Waals surface area (Å²) in [5.41, 5.74) is 0. The molecule has 1 unspecified atom stereocenters. The fraction of sp³-hybridized carbons (Fsp3) is 1.00. The van der Waals surface area contributed by atoms with Gasteiger partial charge in [-0.15, -0.1) is 0 Å². The van der Waals surface area contributed by atoms with Crippen LogP contribution in [-0.4, -0.2) is 18.6 Å². The van der Waals surface area contributed by atoms with Gasteiger partial charge in [-0.1, -0.05) is 0 Å². The second kappa shape index (κ2) is 5.29. The van der Waals surface area contributed by atoms with Gasteiger partial charge in [0.2, 0.25) is 0 Å². The van der Waals surface area contributed by atoms with Gasteiger partial charge in [0.1, 0.15) is 0 Å². The monoisotopic (exact) mass is 176 g/mol. The zero-order valence-electron chi connectivity index (χ0n) is 5.53. The molecule has 6 heteroatoms. The van der Waals surface area contributed by atoms with Crippen molar-refractivity contribution in [1.29, 1.82) is 0 Å². The fourth-order valence-electron chi connectivity index (χ4n) is 0.216. The third-order valence-corrected chi connectivity index (χ3v) is 2.33. The lowest BCUT2D eigenvalue weighted by Crippen LogP contribution is -1.88. The fourth-order valence-corrected chi connectivity index (χ4v) is 0.964. The molecule has 0 bridgehead atoms. The first-order valence-corrected chi connectivity index (χ1v) is 4.74. The second-order valence-electron chi connectivity index (χ2n) is 1.07. The first-order chi connectivity index (χ1) is 3.62. The normalized spacial score (nSPS) is 15.9. The van der Waals surface area contributed by atoms with Gasteiger partial charge in [-0.3, -0.25) is 0 Å². The molecule has 1 atom stereocenters. The van der Waals surface area contributed by atoms with E-state index in [2.05, 4.69) is 20.9 Å². The van der Waals surface area contributed by atoms with Crippen LogP contribution in [-0.2, 0) is 20.9 Å². The van der Waals surface area contributed by atoms with Crippen LogP contribution in [0.3, 0.4) is 0 Å². The summed E-state index contributed by atoms with van der Waals surface area (Å²) in [6, 6.07) is 0. The molecule has 0 aromatic heterocycles. The highest BCUT2D eigenvalue weighted by atomic mass is 32.5. The van der Waals surface area contributed by atoms with Gasteiger partial charge in [0.05, 0.1) is 6.61 Å². The molecule has 58 valence electrons. The topological polar surface area (TPSA) is 73.7 Å². The number of hydrogen-bond acceptors (Lipinski definition) is 4. The molecule has 0 spiro atoms. The van der Waals surface area contributed by atoms with E-state index in [1.54, 1.807) is 6.92 Å². The Hall–Kier alpha value is 0.490. The van der Waals surface area contributed by atoms with E-state index < -0.39 is 6.72 Å². The van der Waals surface area contributed by atoms with Gasteiger partial charge >= 0.3 is 6.72 Å². The largest absolute Gasteiger partial charge is 0.344 e. The predicted octanol–water partition coefficient (Wildman–Crippen LogP) is 1.05. The minimum absolute atomic E-state index is 0. The maximum Gasteiger partial charge on any atom is 0.324 e. The van der Waals surface area contributed by atoms with E-state index in [0.29, 0.717) is 6.61 Å². The SMILES string of the molecule is N.[13CH3][13CH2]OP(O)(=S)O[13CH3]. The molecular formula is C3H12NO3PS. The van der Waals surface area contributed by atoms with Crippen LogP contribution in [0.5, 0.6) is 0 Å². The van der Waals surface area contributed by atoms with Crippen LogP contribution in [0.15, 0.2) is 0 Å². The third-order valence-electron chi connectivity index (χ3n) is 0.523. The molecule has 0 amide bonds. The third kappa shape index (κ3) is 6.37. The molecule has 0 heterocycles. The van der Waals surface area contributed by atoms with E-state index in [1.165, 1.54) is 7.11 Å². The Bertz CT molecular complexity index is 109. The van der Waals surface area contributed by atoms with Gasteiger partial charge in [-0.25, -0.2) is 0 Å². The first-order valence-electron chi connectivity index (χ1n) is 2.15. The average molecular weight is 176 g/mol. The highest BCUT2D eigenvalue weighted by Gasteiger charge is 2.08. The van der Waals surface area contributed by atoms with Crippen molar-refractivity contribution < 1.29 is 13.9 Å². The molecule has 0 saturated heterocycles. The van der Waals surface area contributed by atoms with Crippen molar-refractivity contribution in [3.05, 3.63) is 0 Å². The summed E-state index contributed by atoms with van der Waals surface area (Å²) in [5.74, 6) is 0. The molecule has 4 nitrogen and oxygen atoms in total. The summed E-state index contributed by atoms with van der Waals surface area (Å²) in [7, 11) is 1.33. The lowest BCUT2D eigenvalue weighted by molar-refractivity contribution is 0.236. The van der Waals surface area contributed by atoms with E-state index in [1.807, 2.05) is 0 Å². The van der Waals surface area contributed by atoms with Crippen molar-refractivity contribution in [3.8, 4) is 0 Å². The second-order valence-corrected chi connectivity index (χ2v) is 4.01. The highest BCUT2D eigenvalue weighted by Crippen LogP contribution is 2.41. The Morgan fingerprint density at radius 1 is 1.67 bits per heavy atom. The van der Waals surface area contributed by atoms with Gasteiger partial charge in [-0.05, 0) is 18.7 Å². The van der Waals surface area contributed by atoms with Crippen LogP contribution in [0, 0.1) is 0 Å². The molecule has 0 saturated carbocycles. The van der Waals surface area contributed by atoms with Crippen LogP contribution in [0.2, 0.25) is 0 Å². The summed E-state index contributed by atoms with van der Waals surface area (Å²) >= 11 is 4.47. The lowest BCUT2D eigenvalue weighted by atomic mass is 11.9. The zero-order chi connectivity index (χ0) is 6.62. The van der Waals surface area contributed by atoms with Crippen LogP contribution in [0.1, 0.15) is 6.92 Å². The summed E-state index contributed by atoms with van der Waals surface area (Å²) < 4.78 is 9.08. The van der Waals surface area contributed by atoms with Crippen molar-refractivity contribution in [3.63, 3.8) is 0 Å². The maximum absolute atomic E-state index is 8.80. The summed E-state index contributed by atoms with van der Waals surface area (Å²) in [5, 5.41) is 0. The summed E-state index contributed by atoms with van der Waals surface area (Å²) in [6.07, 6.45) is 0. The summed E-state index contributed by atoms with van der Waals surface area (Å²) in [6.45, 7) is -0.703. The van der Waals surface area contributed by atoms with Crippen LogP contribution < -0.4 is 6.15 Å². The Morgan fingerprint density at radius 2 is 2.11 bits per heavy atom. The molecule has 0 rings (SSSR count). The van der Waals surface area contributed by atoms with E-state index in [4.69, 9.17) is 4.89 Å². The molecule has 0 aromatic rings. The van der Waals surface area contributed by atoms with E-state index >= 15 is 0 Å². The number of rotatable bonds is 3. The molecular weight excluding hydrogens is 164 g/mol. The maximum atomic E-state index is 8.80. The average Bonchev–Trinajstić information content (AvgIpc) is 1.67. The van der Waals surface area contributed by atoms with Gasteiger partial charge < -0.3 is 20.1 Å². The molecule has 9 heavy (non-hydrogen) atoms. The van der Waals surface area contributed by atoms with Crippen molar-refractivity contribution >= 4 is 18.5 Å². The predicted molar refractivity (Wildman–Crippen MR) is 40.2 cm³/mol.